The molecule has 2 rings (SSSR count). The topological polar surface area (TPSA) is 44.4 Å². The van der Waals surface area contributed by atoms with Gasteiger partial charge in [-0.2, -0.15) is 0 Å². The van der Waals surface area contributed by atoms with Crippen LogP contribution in [0.15, 0.2) is 24.3 Å². The quantitative estimate of drug-likeness (QED) is 0.876. The van der Waals surface area contributed by atoms with Crippen LogP contribution in [0.2, 0.25) is 0 Å². The molecule has 1 aliphatic rings. The van der Waals surface area contributed by atoms with Gasteiger partial charge in [0.2, 0.25) is 5.91 Å². The molecule has 1 aromatic carbocycles. The summed E-state index contributed by atoms with van der Waals surface area (Å²) in [5.41, 5.74) is 2.07. The Morgan fingerprint density at radius 3 is 2.57 bits per heavy atom. The van der Waals surface area contributed by atoms with Gasteiger partial charge in [-0.1, -0.05) is 6.42 Å². The number of carbonyl (C=O) groups excluding carboxylic acids is 1. The second-order valence-corrected chi connectivity index (χ2v) is 5.92. The molecule has 21 heavy (non-hydrogen) atoms. The summed E-state index contributed by atoms with van der Waals surface area (Å²) < 4.78 is 0. The van der Waals surface area contributed by atoms with Crippen molar-refractivity contribution < 1.29 is 4.79 Å². The van der Waals surface area contributed by atoms with Crippen molar-refractivity contribution in [1.29, 1.82) is 0 Å². The normalized spacial score (nSPS) is 18.6. The predicted octanol–water partition coefficient (Wildman–Crippen LogP) is 3.00. The minimum Gasteiger partial charge on any atom is -0.369 e. The van der Waals surface area contributed by atoms with E-state index in [1.165, 1.54) is 12.1 Å². The molecule has 0 spiro atoms. The van der Waals surface area contributed by atoms with Gasteiger partial charge in [0, 0.05) is 24.0 Å². The van der Waals surface area contributed by atoms with Crippen LogP contribution in [0.5, 0.6) is 0 Å². The van der Waals surface area contributed by atoms with Crippen LogP contribution in [0.4, 0.5) is 11.4 Å². The van der Waals surface area contributed by atoms with Crippen molar-refractivity contribution in [2.24, 2.45) is 0 Å². The fraction of sp³-hybridized carbons (Fsp3) is 0.588. The first kappa shape index (κ1) is 15.8. The summed E-state index contributed by atoms with van der Waals surface area (Å²) in [6, 6.07) is 8.56. The molecule has 1 unspecified atom stereocenters. The van der Waals surface area contributed by atoms with E-state index < -0.39 is 0 Å². The Morgan fingerprint density at radius 2 is 2.05 bits per heavy atom. The lowest BCUT2D eigenvalue weighted by Crippen LogP contribution is -2.43. The van der Waals surface area contributed by atoms with Crippen LogP contribution >= 0.6 is 0 Å². The van der Waals surface area contributed by atoms with E-state index in [4.69, 9.17) is 0 Å². The second-order valence-electron chi connectivity index (χ2n) is 5.92. The van der Waals surface area contributed by atoms with Gasteiger partial charge < -0.3 is 15.5 Å². The number of hydrogen-bond acceptors (Lipinski definition) is 3. The summed E-state index contributed by atoms with van der Waals surface area (Å²) in [6.45, 7) is 8.46. The Bertz CT molecular complexity index is 450. The van der Waals surface area contributed by atoms with Crippen LogP contribution in [-0.4, -0.2) is 31.1 Å². The Kier molecular flexibility index (Phi) is 5.62. The van der Waals surface area contributed by atoms with Gasteiger partial charge in [-0.15, -0.1) is 0 Å². The van der Waals surface area contributed by atoms with Crippen molar-refractivity contribution >= 4 is 17.3 Å². The Balaban J connectivity index is 1.97. The highest BCUT2D eigenvalue weighted by Gasteiger charge is 2.20. The molecule has 0 radical (unpaired) electrons. The van der Waals surface area contributed by atoms with Crippen molar-refractivity contribution in [3.8, 4) is 0 Å². The van der Waals surface area contributed by atoms with Crippen LogP contribution in [0, 0.1) is 0 Å². The molecule has 1 saturated heterocycles. The van der Waals surface area contributed by atoms with Gasteiger partial charge in [-0.05, 0) is 64.4 Å². The molecule has 4 heteroatoms. The molecule has 1 amide bonds. The number of carbonyl (C=O) groups is 1. The molecule has 116 valence electrons. The van der Waals surface area contributed by atoms with E-state index >= 15 is 0 Å². The highest BCUT2D eigenvalue weighted by molar-refractivity contribution is 5.95. The summed E-state index contributed by atoms with van der Waals surface area (Å²) in [6.07, 6.45) is 3.23. The van der Waals surface area contributed by atoms with Crippen molar-refractivity contribution in [2.45, 2.75) is 52.1 Å². The molecular weight excluding hydrogens is 262 g/mol. The number of rotatable bonds is 5. The standard InChI is InChI=1S/C17H27N3O/c1-4-20(13(2)3)15-10-8-14(9-11-15)19-17(21)16-7-5-6-12-18-16/h8-11,13,16,18H,4-7,12H2,1-3H3,(H,19,21). The van der Waals surface area contributed by atoms with Gasteiger partial charge in [-0.25, -0.2) is 0 Å². The zero-order valence-corrected chi connectivity index (χ0v) is 13.4. The molecular formula is C17H27N3O. The molecule has 0 bridgehead atoms. The van der Waals surface area contributed by atoms with Crippen LogP contribution in [-0.2, 0) is 4.79 Å². The number of nitrogens with zero attached hydrogens (tertiary/aromatic N) is 1. The first-order chi connectivity index (χ1) is 10.1. The molecule has 1 aliphatic heterocycles. The number of amides is 1. The Labute approximate surface area is 127 Å². The molecule has 1 heterocycles. The third-order valence-corrected chi connectivity index (χ3v) is 4.06. The third kappa shape index (κ3) is 4.21. The van der Waals surface area contributed by atoms with E-state index in [0.717, 1.165) is 31.6 Å². The number of hydrogen-bond donors (Lipinski definition) is 2. The smallest absolute Gasteiger partial charge is 0.241 e. The maximum Gasteiger partial charge on any atom is 0.241 e. The van der Waals surface area contributed by atoms with Crippen LogP contribution in [0.3, 0.4) is 0 Å². The van der Waals surface area contributed by atoms with Gasteiger partial charge in [0.1, 0.15) is 0 Å². The summed E-state index contributed by atoms with van der Waals surface area (Å²) in [4.78, 5) is 14.5. The largest absolute Gasteiger partial charge is 0.369 e. The number of piperidine rings is 1. The molecule has 1 aromatic rings. The molecule has 0 saturated carbocycles. The summed E-state index contributed by atoms with van der Waals surface area (Å²) in [7, 11) is 0. The molecule has 0 aromatic heterocycles. The Hall–Kier alpha value is -1.55. The van der Waals surface area contributed by atoms with Gasteiger partial charge in [0.05, 0.1) is 6.04 Å². The van der Waals surface area contributed by atoms with E-state index in [2.05, 4.69) is 48.4 Å². The molecule has 4 nitrogen and oxygen atoms in total. The lowest BCUT2D eigenvalue weighted by Gasteiger charge is -2.27. The van der Waals surface area contributed by atoms with Gasteiger partial charge in [0.25, 0.3) is 0 Å². The SMILES string of the molecule is CCN(c1ccc(NC(=O)C2CCCCN2)cc1)C(C)C. The van der Waals surface area contributed by atoms with Crippen molar-refractivity contribution in [2.75, 3.05) is 23.3 Å². The van der Waals surface area contributed by atoms with Crippen molar-refractivity contribution in [1.82, 2.24) is 5.32 Å². The number of nitrogens with one attached hydrogen (secondary N) is 2. The van der Waals surface area contributed by atoms with E-state index in [9.17, 15) is 4.79 Å². The maximum atomic E-state index is 12.2. The maximum absolute atomic E-state index is 12.2. The van der Waals surface area contributed by atoms with E-state index in [0.29, 0.717) is 6.04 Å². The van der Waals surface area contributed by atoms with Crippen LogP contribution in [0.1, 0.15) is 40.0 Å². The van der Waals surface area contributed by atoms with E-state index in [-0.39, 0.29) is 11.9 Å². The molecule has 1 atom stereocenters. The first-order valence-corrected chi connectivity index (χ1v) is 8.02. The lowest BCUT2D eigenvalue weighted by atomic mass is 10.0. The monoisotopic (exact) mass is 289 g/mol. The summed E-state index contributed by atoms with van der Waals surface area (Å²) >= 11 is 0. The third-order valence-electron chi connectivity index (χ3n) is 4.06. The van der Waals surface area contributed by atoms with E-state index in [1.807, 2.05) is 12.1 Å². The average Bonchev–Trinajstić information content (AvgIpc) is 2.50. The number of anilines is 2. The fourth-order valence-electron chi connectivity index (χ4n) is 2.89. The van der Waals surface area contributed by atoms with E-state index in [1.54, 1.807) is 0 Å². The molecule has 2 N–H and O–H groups in total. The molecule has 1 fully saturated rings. The Morgan fingerprint density at radius 1 is 1.33 bits per heavy atom. The average molecular weight is 289 g/mol. The van der Waals surface area contributed by atoms with Crippen LogP contribution < -0.4 is 15.5 Å². The van der Waals surface area contributed by atoms with Crippen molar-refractivity contribution in [3.05, 3.63) is 24.3 Å². The van der Waals surface area contributed by atoms with Crippen LogP contribution in [0.25, 0.3) is 0 Å². The number of benzene rings is 1. The first-order valence-electron chi connectivity index (χ1n) is 8.02. The summed E-state index contributed by atoms with van der Waals surface area (Å²) in [5, 5.41) is 6.28. The lowest BCUT2D eigenvalue weighted by molar-refractivity contribution is -0.118. The minimum absolute atomic E-state index is 0.0405. The van der Waals surface area contributed by atoms with Gasteiger partial charge >= 0.3 is 0 Å². The zero-order valence-electron chi connectivity index (χ0n) is 13.4. The van der Waals surface area contributed by atoms with Crippen molar-refractivity contribution in [3.63, 3.8) is 0 Å². The second kappa shape index (κ2) is 7.46. The highest BCUT2D eigenvalue weighted by atomic mass is 16.2. The van der Waals surface area contributed by atoms with Gasteiger partial charge in [0.15, 0.2) is 0 Å². The summed E-state index contributed by atoms with van der Waals surface area (Å²) in [5.74, 6) is 0.0821. The molecule has 0 aliphatic carbocycles. The zero-order chi connectivity index (χ0) is 15.2. The minimum atomic E-state index is -0.0405. The fourth-order valence-corrected chi connectivity index (χ4v) is 2.89. The highest BCUT2D eigenvalue weighted by Crippen LogP contribution is 2.20. The predicted molar refractivity (Wildman–Crippen MR) is 88.9 cm³/mol. The van der Waals surface area contributed by atoms with Gasteiger partial charge in [-0.3, -0.25) is 4.79 Å².